The number of aryl methyl sites for hydroxylation is 1. The first kappa shape index (κ1) is 25.0. The van der Waals surface area contributed by atoms with Crippen molar-refractivity contribution in [3.63, 3.8) is 0 Å². The lowest BCUT2D eigenvalue weighted by atomic mass is 10.1. The molecule has 4 aromatic rings. The first-order valence-corrected chi connectivity index (χ1v) is 12.2. The number of hydrogen-bond acceptors (Lipinski definition) is 5. The van der Waals surface area contributed by atoms with Gasteiger partial charge >= 0.3 is 0 Å². The summed E-state index contributed by atoms with van der Waals surface area (Å²) in [4.78, 5) is 29.2. The van der Waals surface area contributed by atoms with Crippen LogP contribution in [0.25, 0.3) is 17.0 Å². The summed E-state index contributed by atoms with van der Waals surface area (Å²) >= 11 is 0. The maximum atomic E-state index is 13.9. The molecule has 1 N–H and O–H groups in total. The molecule has 8 nitrogen and oxygen atoms in total. The molecule has 2 heterocycles. The molecule has 0 fully saturated rings. The molecule has 2 amide bonds. The van der Waals surface area contributed by atoms with E-state index in [4.69, 9.17) is 14.2 Å². The molecular weight excluding hydrogens is 482 g/mol. The van der Waals surface area contributed by atoms with E-state index in [1.165, 1.54) is 21.3 Å². The molecule has 1 aromatic heterocycles. The van der Waals surface area contributed by atoms with Gasteiger partial charge in [0.25, 0.3) is 11.8 Å². The number of rotatable bonds is 7. The molecule has 0 atom stereocenters. The maximum Gasteiger partial charge on any atom is 0.274 e. The van der Waals surface area contributed by atoms with Crippen LogP contribution in [0, 0.1) is 0 Å². The molecule has 0 aliphatic carbocycles. The lowest BCUT2D eigenvalue weighted by Crippen LogP contribution is -2.37. The van der Waals surface area contributed by atoms with E-state index in [2.05, 4.69) is 5.32 Å². The minimum atomic E-state index is -0.475. The summed E-state index contributed by atoms with van der Waals surface area (Å²) in [7, 11) is 6.42. The van der Waals surface area contributed by atoms with E-state index in [0.29, 0.717) is 23.8 Å². The lowest BCUT2D eigenvalue weighted by Gasteiger charge is -2.20. The number of nitrogens with zero attached hydrogens (tertiary/aromatic N) is 2. The lowest BCUT2D eigenvalue weighted by molar-refractivity contribution is -0.115. The van der Waals surface area contributed by atoms with E-state index < -0.39 is 5.91 Å². The van der Waals surface area contributed by atoms with Crippen molar-refractivity contribution in [3.05, 3.63) is 89.2 Å². The van der Waals surface area contributed by atoms with E-state index in [0.717, 1.165) is 34.1 Å². The van der Waals surface area contributed by atoms with Crippen LogP contribution in [-0.4, -0.2) is 44.3 Å². The van der Waals surface area contributed by atoms with E-state index in [1.807, 2.05) is 66.3 Å². The number of carbonyl (C=O) groups is 2. The van der Waals surface area contributed by atoms with Crippen molar-refractivity contribution in [2.75, 3.05) is 32.8 Å². The minimum absolute atomic E-state index is 0.164. The van der Waals surface area contributed by atoms with Crippen LogP contribution in [0.4, 0.5) is 5.69 Å². The molecule has 3 aromatic carbocycles. The van der Waals surface area contributed by atoms with Crippen molar-refractivity contribution in [2.45, 2.75) is 6.42 Å². The number of nitrogens with one attached hydrogen (secondary N) is 1. The summed E-state index contributed by atoms with van der Waals surface area (Å²) in [5.41, 5.74) is 4.22. The van der Waals surface area contributed by atoms with E-state index in [1.54, 1.807) is 23.1 Å². The molecule has 1 aliphatic heterocycles. The van der Waals surface area contributed by atoms with Gasteiger partial charge in [-0.25, -0.2) is 0 Å². The highest BCUT2D eigenvalue weighted by Crippen LogP contribution is 2.38. The zero-order chi connectivity index (χ0) is 26.8. The van der Waals surface area contributed by atoms with Crippen molar-refractivity contribution in [1.82, 2.24) is 9.88 Å². The fourth-order valence-electron chi connectivity index (χ4n) is 4.90. The van der Waals surface area contributed by atoms with Crippen molar-refractivity contribution >= 4 is 34.5 Å². The van der Waals surface area contributed by atoms with E-state index in [-0.39, 0.29) is 17.2 Å². The summed E-state index contributed by atoms with van der Waals surface area (Å²) in [6, 6.07) is 18.9. The van der Waals surface area contributed by atoms with Crippen molar-refractivity contribution in [2.24, 2.45) is 7.05 Å². The van der Waals surface area contributed by atoms with Crippen LogP contribution in [0.2, 0.25) is 0 Å². The van der Waals surface area contributed by atoms with Gasteiger partial charge in [0.1, 0.15) is 5.70 Å². The van der Waals surface area contributed by atoms with Crippen LogP contribution in [0.3, 0.4) is 0 Å². The fourth-order valence-corrected chi connectivity index (χ4v) is 4.90. The molecular formula is C30H29N3O5. The van der Waals surface area contributed by atoms with Crippen LogP contribution < -0.4 is 24.4 Å². The van der Waals surface area contributed by atoms with Gasteiger partial charge in [0.05, 0.1) is 21.3 Å². The second-order valence-electron chi connectivity index (χ2n) is 8.97. The van der Waals surface area contributed by atoms with Crippen LogP contribution in [0.15, 0.2) is 72.6 Å². The third kappa shape index (κ3) is 4.45. The summed E-state index contributed by atoms with van der Waals surface area (Å²) in [5.74, 6) is 0.302. The van der Waals surface area contributed by atoms with Crippen LogP contribution in [0.1, 0.15) is 21.5 Å². The Bertz CT molecular complexity index is 1540. The van der Waals surface area contributed by atoms with Crippen molar-refractivity contribution < 1.29 is 23.8 Å². The number of anilines is 1. The number of amides is 2. The zero-order valence-corrected chi connectivity index (χ0v) is 21.8. The largest absolute Gasteiger partial charge is 0.493 e. The number of hydrogen-bond donors (Lipinski definition) is 1. The quantitative estimate of drug-likeness (QED) is 0.368. The Labute approximate surface area is 221 Å². The van der Waals surface area contributed by atoms with Gasteiger partial charge in [-0.2, -0.15) is 0 Å². The highest BCUT2D eigenvalue weighted by molar-refractivity contribution is 6.13. The van der Waals surface area contributed by atoms with Gasteiger partial charge < -0.3 is 29.0 Å². The molecule has 0 radical (unpaired) electrons. The zero-order valence-electron chi connectivity index (χ0n) is 21.8. The Morgan fingerprint density at radius 1 is 0.921 bits per heavy atom. The van der Waals surface area contributed by atoms with Gasteiger partial charge in [-0.1, -0.05) is 36.4 Å². The van der Waals surface area contributed by atoms with Gasteiger partial charge in [0.15, 0.2) is 11.5 Å². The minimum Gasteiger partial charge on any atom is -0.493 e. The average molecular weight is 512 g/mol. The highest BCUT2D eigenvalue weighted by Gasteiger charge is 2.28. The fraction of sp³-hybridized carbons (Fsp3) is 0.200. The van der Waals surface area contributed by atoms with Gasteiger partial charge in [0, 0.05) is 47.5 Å². The van der Waals surface area contributed by atoms with Crippen LogP contribution in [-0.2, 0) is 18.3 Å². The Balaban J connectivity index is 1.57. The molecule has 194 valence electrons. The molecule has 0 saturated heterocycles. The molecule has 8 heteroatoms. The maximum absolute atomic E-state index is 13.9. The second-order valence-corrected chi connectivity index (χ2v) is 8.97. The molecule has 5 rings (SSSR count). The monoisotopic (exact) mass is 511 g/mol. The Kier molecular flexibility index (Phi) is 6.79. The normalized spacial score (nSPS) is 12.8. The van der Waals surface area contributed by atoms with Gasteiger partial charge in [-0.3, -0.25) is 9.59 Å². The van der Waals surface area contributed by atoms with Gasteiger partial charge in [-0.15, -0.1) is 0 Å². The van der Waals surface area contributed by atoms with Crippen molar-refractivity contribution in [1.29, 1.82) is 0 Å². The Morgan fingerprint density at radius 2 is 1.61 bits per heavy atom. The number of fused-ring (bicyclic) bond motifs is 2. The first-order valence-electron chi connectivity index (χ1n) is 12.2. The van der Waals surface area contributed by atoms with Crippen LogP contribution >= 0.6 is 0 Å². The topological polar surface area (TPSA) is 82.0 Å². The number of benzene rings is 3. The summed E-state index contributed by atoms with van der Waals surface area (Å²) in [5, 5.41) is 3.85. The van der Waals surface area contributed by atoms with E-state index in [9.17, 15) is 9.59 Å². The number of methoxy groups -OCH3 is 3. The Hall–Kier alpha value is -4.72. The third-order valence-corrected chi connectivity index (χ3v) is 6.77. The third-order valence-electron chi connectivity index (χ3n) is 6.77. The number of ether oxygens (including phenoxy) is 3. The van der Waals surface area contributed by atoms with Gasteiger partial charge in [0.2, 0.25) is 5.75 Å². The summed E-state index contributed by atoms with van der Waals surface area (Å²) in [6.45, 7) is 0.533. The molecule has 38 heavy (non-hydrogen) atoms. The smallest absolute Gasteiger partial charge is 0.274 e. The number of carbonyl (C=O) groups excluding carboxylic acids is 2. The number of para-hydroxylation sites is 2. The molecule has 0 unspecified atom stereocenters. The summed E-state index contributed by atoms with van der Waals surface area (Å²) in [6.07, 6.45) is 4.44. The predicted molar refractivity (Wildman–Crippen MR) is 147 cm³/mol. The van der Waals surface area contributed by atoms with Crippen molar-refractivity contribution in [3.8, 4) is 17.2 Å². The molecule has 0 spiro atoms. The van der Waals surface area contributed by atoms with Crippen LogP contribution in [0.5, 0.6) is 17.2 Å². The summed E-state index contributed by atoms with van der Waals surface area (Å²) < 4.78 is 18.2. The SMILES string of the molecule is COc1cc(C(=O)NC(=Cc2cn(C)c3ccccc23)C(=O)N2CCc3ccccc32)cc(OC)c1OC. The molecule has 0 bridgehead atoms. The average Bonchev–Trinajstić information content (AvgIpc) is 3.52. The van der Waals surface area contributed by atoms with E-state index >= 15 is 0 Å². The second kappa shape index (κ2) is 10.3. The first-order chi connectivity index (χ1) is 18.4. The molecule has 1 aliphatic rings. The highest BCUT2D eigenvalue weighted by atomic mass is 16.5. The predicted octanol–water partition coefficient (Wildman–Crippen LogP) is 4.56. The Morgan fingerprint density at radius 3 is 2.32 bits per heavy atom. The molecule has 0 saturated carbocycles. The number of aromatic nitrogens is 1. The standard InChI is InChI=1S/C30H29N3O5/c1-32-18-21(22-10-6-8-12-25(22)32)15-23(30(35)33-14-13-19-9-5-7-11-24(19)33)31-29(34)20-16-26(36-2)28(38-4)27(17-20)37-3/h5-12,15-18H,13-14H2,1-4H3,(H,31,34). The van der Waals surface area contributed by atoms with Gasteiger partial charge in [-0.05, 0) is 42.3 Å².